The number of sulfonamides is 1. The first-order chi connectivity index (χ1) is 18.1. The second-order valence-corrected chi connectivity index (χ2v) is 11.6. The number of likely N-dealkylation sites (N-methyl/N-ethyl adjacent to an activating group) is 1. The number of carbonyl (C=O) groups is 2. The topological polar surface area (TPSA) is 96.0 Å². The maximum Gasteiger partial charge on any atom is 0.264 e. The smallest absolute Gasteiger partial charge is 0.264 e. The Kier molecular flexibility index (Phi) is 10.2. The number of amides is 2. The molecule has 0 radical (unpaired) electrons. The number of ether oxygens (including phenoxy) is 1. The summed E-state index contributed by atoms with van der Waals surface area (Å²) in [5.41, 5.74) is 0.877. The third kappa shape index (κ3) is 7.06. The van der Waals surface area contributed by atoms with E-state index in [-0.39, 0.29) is 33.8 Å². The van der Waals surface area contributed by atoms with Gasteiger partial charge >= 0.3 is 0 Å². The van der Waals surface area contributed by atoms with Gasteiger partial charge in [-0.3, -0.25) is 13.9 Å². The van der Waals surface area contributed by atoms with Gasteiger partial charge in [-0.2, -0.15) is 0 Å². The van der Waals surface area contributed by atoms with E-state index in [1.807, 2.05) is 24.3 Å². The molecule has 2 amide bonds. The third-order valence-corrected chi connectivity index (χ3v) is 8.34. The molecule has 0 spiro atoms. The van der Waals surface area contributed by atoms with Crippen molar-refractivity contribution in [1.82, 2.24) is 10.2 Å². The lowest BCUT2D eigenvalue weighted by molar-refractivity contribution is -0.139. The SMILES string of the molecule is CCNC(=O)C(C)N(Cc1ccc(Br)cc1)C(=O)CN(c1cc(Cl)ccc1OC)S(=O)(=O)c1ccccc1. The summed E-state index contributed by atoms with van der Waals surface area (Å²) in [6.07, 6.45) is 0. The molecule has 1 unspecified atom stereocenters. The van der Waals surface area contributed by atoms with Crippen molar-refractivity contribution in [2.24, 2.45) is 0 Å². The quantitative estimate of drug-likeness (QED) is 0.330. The summed E-state index contributed by atoms with van der Waals surface area (Å²) in [7, 11) is -2.82. The molecule has 11 heteroatoms. The monoisotopic (exact) mass is 621 g/mol. The van der Waals surface area contributed by atoms with Gasteiger partial charge in [0, 0.05) is 22.6 Å². The van der Waals surface area contributed by atoms with Crippen molar-refractivity contribution in [2.45, 2.75) is 31.3 Å². The number of hydrogen-bond donors (Lipinski definition) is 1. The molecule has 0 heterocycles. The highest BCUT2D eigenvalue weighted by atomic mass is 79.9. The Bertz CT molecular complexity index is 1370. The van der Waals surface area contributed by atoms with Crippen molar-refractivity contribution in [2.75, 3.05) is 24.5 Å². The molecule has 1 atom stereocenters. The van der Waals surface area contributed by atoms with Gasteiger partial charge in [-0.05, 0) is 61.9 Å². The van der Waals surface area contributed by atoms with Crippen LogP contribution in [-0.2, 0) is 26.2 Å². The lowest BCUT2D eigenvalue weighted by Crippen LogP contribution is -2.51. The summed E-state index contributed by atoms with van der Waals surface area (Å²) in [4.78, 5) is 28.0. The van der Waals surface area contributed by atoms with Gasteiger partial charge in [-0.1, -0.05) is 57.9 Å². The molecule has 3 aromatic carbocycles. The Morgan fingerprint density at radius 1 is 1.05 bits per heavy atom. The molecule has 1 N–H and O–H groups in total. The number of anilines is 1. The van der Waals surface area contributed by atoms with Gasteiger partial charge in [-0.15, -0.1) is 0 Å². The minimum Gasteiger partial charge on any atom is -0.495 e. The summed E-state index contributed by atoms with van der Waals surface area (Å²) < 4.78 is 34.9. The predicted octanol–water partition coefficient (Wildman–Crippen LogP) is 4.86. The van der Waals surface area contributed by atoms with Crippen LogP contribution in [-0.4, -0.2) is 51.4 Å². The number of halogens is 2. The number of hydrogen-bond acceptors (Lipinski definition) is 5. The first kappa shape index (κ1) is 29.5. The van der Waals surface area contributed by atoms with E-state index in [4.69, 9.17) is 16.3 Å². The summed E-state index contributed by atoms with van der Waals surface area (Å²) in [5.74, 6) is -0.707. The van der Waals surface area contributed by atoms with Crippen LogP contribution in [0.25, 0.3) is 0 Å². The average molecular weight is 623 g/mol. The van der Waals surface area contributed by atoms with Crippen LogP contribution >= 0.6 is 27.5 Å². The molecule has 0 bridgehead atoms. The summed E-state index contributed by atoms with van der Waals surface area (Å²) in [5, 5.41) is 3.00. The van der Waals surface area contributed by atoms with Crippen LogP contribution in [0, 0.1) is 0 Å². The lowest BCUT2D eigenvalue weighted by atomic mass is 10.1. The Morgan fingerprint density at radius 3 is 2.32 bits per heavy atom. The minimum absolute atomic E-state index is 0.00828. The molecule has 202 valence electrons. The van der Waals surface area contributed by atoms with E-state index in [2.05, 4.69) is 21.2 Å². The zero-order valence-corrected chi connectivity index (χ0v) is 24.4. The molecular weight excluding hydrogens is 594 g/mol. The van der Waals surface area contributed by atoms with E-state index in [0.717, 1.165) is 14.3 Å². The Balaban J connectivity index is 2.08. The predicted molar refractivity (Wildman–Crippen MR) is 152 cm³/mol. The van der Waals surface area contributed by atoms with E-state index in [1.54, 1.807) is 38.1 Å². The maximum atomic E-state index is 13.9. The van der Waals surface area contributed by atoms with Crippen LogP contribution in [0.1, 0.15) is 19.4 Å². The molecule has 0 saturated carbocycles. The summed E-state index contributed by atoms with van der Waals surface area (Å²) in [6.45, 7) is 3.28. The van der Waals surface area contributed by atoms with Crippen LogP contribution in [0.4, 0.5) is 5.69 Å². The molecule has 0 aromatic heterocycles. The van der Waals surface area contributed by atoms with Crippen molar-refractivity contribution in [3.8, 4) is 5.75 Å². The fourth-order valence-corrected chi connectivity index (χ4v) is 5.65. The molecule has 3 aromatic rings. The first-order valence-electron chi connectivity index (χ1n) is 11.8. The number of benzene rings is 3. The molecule has 0 aliphatic carbocycles. The van der Waals surface area contributed by atoms with Crippen molar-refractivity contribution < 1.29 is 22.7 Å². The zero-order chi connectivity index (χ0) is 27.9. The number of methoxy groups -OCH3 is 1. The highest BCUT2D eigenvalue weighted by molar-refractivity contribution is 9.10. The number of nitrogens with one attached hydrogen (secondary N) is 1. The van der Waals surface area contributed by atoms with E-state index in [1.165, 1.54) is 36.3 Å². The lowest BCUT2D eigenvalue weighted by Gasteiger charge is -2.32. The van der Waals surface area contributed by atoms with Gasteiger partial charge in [0.2, 0.25) is 11.8 Å². The second kappa shape index (κ2) is 13.1. The van der Waals surface area contributed by atoms with Crippen molar-refractivity contribution in [1.29, 1.82) is 0 Å². The molecule has 0 saturated heterocycles. The maximum absolute atomic E-state index is 13.9. The van der Waals surface area contributed by atoms with Crippen molar-refractivity contribution in [3.05, 3.63) is 87.9 Å². The van der Waals surface area contributed by atoms with Crippen LogP contribution in [0.2, 0.25) is 5.02 Å². The van der Waals surface area contributed by atoms with E-state index in [9.17, 15) is 18.0 Å². The van der Waals surface area contributed by atoms with Gasteiger partial charge in [-0.25, -0.2) is 8.42 Å². The normalized spacial score (nSPS) is 11.9. The number of carbonyl (C=O) groups excluding carboxylic acids is 2. The van der Waals surface area contributed by atoms with Gasteiger partial charge in [0.05, 0.1) is 17.7 Å². The molecule has 38 heavy (non-hydrogen) atoms. The Labute approximate surface area is 236 Å². The van der Waals surface area contributed by atoms with E-state index < -0.39 is 28.5 Å². The fourth-order valence-electron chi connectivity index (χ4n) is 3.78. The molecular formula is C27H29BrClN3O5S. The Morgan fingerprint density at radius 2 is 1.71 bits per heavy atom. The standard InChI is InChI=1S/C27H29BrClN3O5S/c1-4-30-27(34)19(2)31(17-20-10-12-21(28)13-11-20)26(33)18-32(24-16-22(29)14-15-25(24)37-3)38(35,36)23-8-6-5-7-9-23/h5-16,19H,4,17-18H2,1-3H3,(H,30,34). The molecule has 0 aliphatic rings. The Hall–Kier alpha value is -3.08. The van der Waals surface area contributed by atoms with Crippen LogP contribution in [0.15, 0.2) is 82.2 Å². The minimum atomic E-state index is -4.23. The fraction of sp³-hybridized carbons (Fsp3) is 0.259. The number of rotatable bonds is 11. The average Bonchev–Trinajstić information content (AvgIpc) is 2.91. The highest BCUT2D eigenvalue weighted by Crippen LogP contribution is 2.35. The highest BCUT2D eigenvalue weighted by Gasteiger charge is 2.33. The summed E-state index contributed by atoms with van der Waals surface area (Å²) >= 11 is 9.63. The first-order valence-corrected chi connectivity index (χ1v) is 14.4. The largest absolute Gasteiger partial charge is 0.495 e. The molecule has 0 fully saturated rings. The molecule has 3 rings (SSSR count). The van der Waals surface area contributed by atoms with Crippen LogP contribution in [0.5, 0.6) is 5.75 Å². The van der Waals surface area contributed by atoms with Crippen molar-refractivity contribution in [3.63, 3.8) is 0 Å². The third-order valence-electron chi connectivity index (χ3n) is 5.80. The molecule has 0 aliphatic heterocycles. The molecule has 8 nitrogen and oxygen atoms in total. The van der Waals surface area contributed by atoms with E-state index >= 15 is 0 Å². The van der Waals surface area contributed by atoms with Gasteiger partial charge in [0.1, 0.15) is 18.3 Å². The number of nitrogens with zero attached hydrogens (tertiary/aromatic N) is 2. The second-order valence-electron chi connectivity index (χ2n) is 8.36. The van der Waals surface area contributed by atoms with Gasteiger partial charge < -0.3 is 15.0 Å². The van der Waals surface area contributed by atoms with Crippen molar-refractivity contribution >= 4 is 55.1 Å². The van der Waals surface area contributed by atoms with Crippen LogP contribution < -0.4 is 14.4 Å². The summed E-state index contributed by atoms with van der Waals surface area (Å²) in [6, 6.07) is 18.8. The van der Waals surface area contributed by atoms with Crippen LogP contribution in [0.3, 0.4) is 0 Å². The van der Waals surface area contributed by atoms with Gasteiger partial charge in [0.25, 0.3) is 10.0 Å². The van der Waals surface area contributed by atoms with Gasteiger partial charge in [0.15, 0.2) is 0 Å². The van der Waals surface area contributed by atoms with E-state index in [0.29, 0.717) is 6.54 Å². The zero-order valence-electron chi connectivity index (χ0n) is 21.2.